The van der Waals surface area contributed by atoms with Crippen molar-refractivity contribution in [1.82, 2.24) is 10.6 Å². The number of aliphatic hydroxyl groups is 3. The molecule has 4 atom stereocenters. The molecule has 0 aliphatic carbocycles. The van der Waals surface area contributed by atoms with Gasteiger partial charge in [0, 0.05) is 0 Å². The van der Waals surface area contributed by atoms with Crippen molar-refractivity contribution in [3.63, 3.8) is 0 Å². The van der Waals surface area contributed by atoms with Crippen LogP contribution in [0.5, 0.6) is 0 Å². The molecule has 0 saturated carbocycles. The second-order valence-electron chi connectivity index (χ2n) is 6.35. The van der Waals surface area contributed by atoms with E-state index in [4.69, 9.17) is 4.74 Å². The minimum atomic E-state index is -4.78. The van der Waals surface area contributed by atoms with E-state index in [0.29, 0.717) is 0 Å². The van der Waals surface area contributed by atoms with Crippen LogP contribution in [0.2, 0.25) is 0 Å². The van der Waals surface area contributed by atoms with Crippen LogP contribution in [0.1, 0.15) is 13.3 Å². The van der Waals surface area contributed by atoms with E-state index >= 15 is 0 Å². The van der Waals surface area contributed by atoms with Crippen molar-refractivity contribution in [3.8, 4) is 0 Å². The standard InChI is InChI=1S/C14H19F3N2O7/c1-7-3-4-25-14(8(21)11(2,24)5-20)10(23)18-13(7,9(22)19-14)26-6-12(15,16)17/h8,20-21,24H,1,3-6H2,2H3,(H,18,23)(H,19,22)/t8-,11-,13+,14-/m0/s1. The van der Waals surface area contributed by atoms with Crippen molar-refractivity contribution in [1.29, 1.82) is 0 Å². The summed E-state index contributed by atoms with van der Waals surface area (Å²) in [6.45, 7) is 1.30. The number of hydrogen-bond acceptors (Lipinski definition) is 7. The van der Waals surface area contributed by atoms with Gasteiger partial charge in [0.15, 0.2) is 0 Å². The van der Waals surface area contributed by atoms with Gasteiger partial charge in [-0.25, -0.2) is 0 Å². The van der Waals surface area contributed by atoms with Gasteiger partial charge >= 0.3 is 6.18 Å². The second kappa shape index (κ2) is 6.46. The number of amides is 2. The molecule has 9 nitrogen and oxygen atoms in total. The fraction of sp³-hybridized carbons (Fsp3) is 0.714. The normalized spacial score (nSPS) is 33.0. The highest BCUT2D eigenvalue weighted by atomic mass is 19.4. The number of aliphatic hydroxyl groups excluding tert-OH is 2. The first-order chi connectivity index (χ1) is 11.8. The van der Waals surface area contributed by atoms with E-state index in [2.05, 4.69) is 11.3 Å². The van der Waals surface area contributed by atoms with E-state index in [1.165, 1.54) is 0 Å². The highest BCUT2D eigenvalue weighted by molar-refractivity contribution is 6.03. The number of piperazine rings is 1. The maximum absolute atomic E-state index is 12.6. The summed E-state index contributed by atoms with van der Waals surface area (Å²) in [6, 6.07) is 0. The zero-order chi connectivity index (χ0) is 20.0. The molecule has 26 heavy (non-hydrogen) atoms. The molecule has 12 heteroatoms. The first-order valence-electron chi connectivity index (χ1n) is 7.50. The molecule has 3 aliphatic heterocycles. The fourth-order valence-corrected chi connectivity index (χ4v) is 2.67. The average molecular weight is 384 g/mol. The van der Waals surface area contributed by atoms with Crippen LogP contribution in [0.4, 0.5) is 13.2 Å². The van der Waals surface area contributed by atoms with Gasteiger partial charge in [-0.1, -0.05) is 6.58 Å². The van der Waals surface area contributed by atoms with Gasteiger partial charge in [-0.15, -0.1) is 0 Å². The molecule has 3 rings (SSSR count). The Kier molecular flexibility index (Phi) is 5.11. The number of carbonyl (C=O) groups excluding carboxylic acids is 2. The molecule has 0 aromatic heterocycles. The quantitative estimate of drug-likeness (QED) is 0.356. The van der Waals surface area contributed by atoms with Gasteiger partial charge in [-0.05, 0) is 18.9 Å². The van der Waals surface area contributed by atoms with Gasteiger partial charge in [0.1, 0.15) is 18.3 Å². The Balaban J connectivity index is 2.43. The molecule has 2 amide bonds. The molecule has 0 spiro atoms. The summed E-state index contributed by atoms with van der Waals surface area (Å²) in [6.07, 6.45) is -7.11. The van der Waals surface area contributed by atoms with Crippen molar-refractivity contribution < 1.29 is 47.6 Å². The van der Waals surface area contributed by atoms with E-state index in [9.17, 15) is 38.1 Å². The third-order valence-corrected chi connectivity index (χ3v) is 4.22. The molecule has 3 saturated heterocycles. The lowest BCUT2D eigenvalue weighted by Gasteiger charge is -2.51. The number of carbonyl (C=O) groups is 2. The zero-order valence-corrected chi connectivity index (χ0v) is 13.7. The van der Waals surface area contributed by atoms with Gasteiger partial charge in [0.25, 0.3) is 17.5 Å². The second-order valence-corrected chi connectivity index (χ2v) is 6.35. The Bertz CT molecular complexity index is 624. The summed E-state index contributed by atoms with van der Waals surface area (Å²) in [4.78, 5) is 25.1. The number of halogens is 3. The summed E-state index contributed by atoms with van der Waals surface area (Å²) in [7, 11) is 0. The van der Waals surface area contributed by atoms with Crippen LogP contribution < -0.4 is 10.6 Å². The Morgan fingerprint density at radius 1 is 1.35 bits per heavy atom. The topological polar surface area (TPSA) is 137 Å². The minimum absolute atomic E-state index is 0.179. The number of nitrogens with one attached hydrogen (secondary N) is 2. The first-order valence-corrected chi connectivity index (χ1v) is 7.50. The van der Waals surface area contributed by atoms with E-state index in [1.807, 2.05) is 10.6 Å². The summed E-state index contributed by atoms with van der Waals surface area (Å²) in [5, 5.41) is 33.5. The van der Waals surface area contributed by atoms with Crippen molar-refractivity contribution in [3.05, 3.63) is 12.2 Å². The van der Waals surface area contributed by atoms with Gasteiger partial charge < -0.3 is 35.4 Å². The average Bonchev–Trinajstić information content (AvgIpc) is 2.53. The molecule has 3 heterocycles. The van der Waals surface area contributed by atoms with Gasteiger partial charge in [-0.3, -0.25) is 9.59 Å². The van der Waals surface area contributed by atoms with Crippen LogP contribution >= 0.6 is 0 Å². The molecule has 148 valence electrons. The summed E-state index contributed by atoms with van der Waals surface area (Å²) < 4.78 is 47.6. The van der Waals surface area contributed by atoms with Crippen LogP contribution in [-0.4, -0.2) is 76.3 Å². The number of hydrogen-bond donors (Lipinski definition) is 5. The predicted molar refractivity (Wildman–Crippen MR) is 77.2 cm³/mol. The predicted octanol–water partition coefficient (Wildman–Crippen LogP) is -1.72. The van der Waals surface area contributed by atoms with Crippen molar-refractivity contribution in [2.75, 3.05) is 19.8 Å². The van der Waals surface area contributed by atoms with Crippen LogP contribution in [-0.2, 0) is 19.1 Å². The van der Waals surface area contributed by atoms with Crippen LogP contribution in [0, 0.1) is 0 Å². The Morgan fingerprint density at radius 2 is 1.96 bits per heavy atom. The number of fused-ring (bicyclic) bond motifs is 5. The van der Waals surface area contributed by atoms with Gasteiger partial charge in [0.2, 0.25) is 5.72 Å². The molecule has 0 aromatic carbocycles. The van der Waals surface area contributed by atoms with Crippen LogP contribution in [0.3, 0.4) is 0 Å². The highest BCUT2D eigenvalue weighted by Gasteiger charge is 2.64. The molecule has 3 aliphatic rings. The lowest BCUT2D eigenvalue weighted by Crippen LogP contribution is -2.83. The zero-order valence-electron chi connectivity index (χ0n) is 13.7. The van der Waals surface area contributed by atoms with Gasteiger partial charge in [0.05, 0.1) is 13.2 Å². The van der Waals surface area contributed by atoms with E-state index in [-0.39, 0.29) is 18.6 Å². The largest absolute Gasteiger partial charge is 0.411 e. The smallest absolute Gasteiger partial charge is 0.393 e. The summed E-state index contributed by atoms with van der Waals surface area (Å²) >= 11 is 0. The molecule has 5 N–H and O–H groups in total. The summed E-state index contributed by atoms with van der Waals surface area (Å²) in [5.74, 6) is -2.53. The van der Waals surface area contributed by atoms with Crippen molar-refractivity contribution in [2.24, 2.45) is 0 Å². The molecule has 0 radical (unpaired) electrons. The SMILES string of the molecule is C=C1CCO[C@]2([C@@H](O)[C@@](C)(O)CO)NC(=O)[C@@]1(OCC(F)(F)F)NC2=O. The Morgan fingerprint density at radius 3 is 2.50 bits per heavy atom. The minimum Gasteiger partial charge on any atom is -0.393 e. The highest BCUT2D eigenvalue weighted by Crippen LogP contribution is 2.35. The molecule has 0 aromatic rings. The van der Waals surface area contributed by atoms with E-state index in [0.717, 1.165) is 6.92 Å². The van der Waals surface area contributed by atoms with Crippen LogP contribution in [0.15, 0.2) is 12.2 Å². The maximum Gasteiger partial charge on any atom is 0.411 e. The third-order valence-electron chi connectivity index (χ3n) is 4.22. The molecule has 3 fully saturated rings. The van der Waals surface area contributed by atoms with Crippen molar-refractivity contribution >= 4 is 11.8 Å². The third kappa shape index (κ3) is 3.30. The monoisotopic (exact) mass is 384 g/mol. The first kappa shape index (κ1) is 20.6. The lowest BCUT2D eigenvalue weighted by atomic mass is 9.85. The maximum atomic E-state index is 12.6. The number of alkyl halides is 3. The Hall–Kier alpha value is -1.73. The Labute approximate surface area is 145 Å². The van der Waals surface area contributed by atoms with E-state index < -0.39 is 54.4 Å². The molecule has 2 bridgehead atoms. The molecule has 0 unspecified atom stereocenters. The van der Waals surface area contributed by atoms with Crippen LogP contribution in [0.25, 0.3) is 0 Å². The van der Waals surface area contributed by atoms with Crippen molar-refractivity contribution in [2.45, 2.75) is 42.7 Å². The lowest BCUT2D eigenvalue weighted by molar-refractivity contribution is -0.244. The van der Waals surface area contributed by atoms with E-state index in [1.54, 1.807) is 0 Å². The fourth-order valence-electron chi connectivity index (χ4n) is 2.67. The molecular formula is C14H19F3N2O7. The molecular weight excluding hydrogens is 365 g/mol. The number of rotatable bonds is 5. The summed E-state index contributed by atoms with van der Waals surface area (Å²) in [5.41, 5.74) is -7.50. The van der Waals surface area contributed by atoms with Gasteiger partial charge in [-0.2, -0.15) is 13.2 Å². The number of ether oxygens (including phenoxy) is 2.